The molecule has 0 radical (unpaired) electrons. The molecule has 1 aliphatic carbocycles. The van der Waals surface area contributed by atoms with Gasteiger partial charge >= 0.3 is 11.9 Å². The van der Waals surface area contributed by atoms with E-state index in [4.69, 9.17) is 70.6 Å². The number of aromatic nitrogens is 1. The summed E-state index contributed by atoms with van der Waals surface area (Å²) < 4.78 is 64.1. The Morgan fingerprint density at radius 1 is 0.833 bits per heavy atom. The Hall–Kier alpha value is -3.01. The van der Waals surface area contributed by atoms with Crippen molar-refractivity contribution in [2.75, 3.05) is 38.5 Å². The van der Waals surface area contributed by atoms with E-state index in [2.05, 4.69) is 9.88 Å². The second kappa shape index (κ2) is 26.5. The molecule has 1 aromatic carbocycles. The normalized spacial score (nSPS) is 38.3. The Morgan fingerprint density at radius 2 is 1.51 bits per heavy atom. The predicted octanol–water partition coefficient (Wildman–Crippen LogP) is 9.56. The molecular formula is C58H86Cl2N2O15S. The molecule has 5 aliphatic rings. The molecule has 4 saturated heterocycles. The number of thioether (sulfide) groups is 1. The number of methoxy groups -OCH3 is 3. The lowest BCUT2D eigenvalue weighted by Gasteiger charge is -2.49. The minimum atomic E-state index is -1.46. The number of carbonyl (C=O) groups is 3. The van der Waals surface area contributed by atoms with Gasteiger partial charge in [-0.2, -0.15) is 0 Å². The van der Waals surface area contributed by atoms with Gasteiger partial charge < -0.3 is 62.5 Å². The van der Waals surface area contributed by atoms with Gasteiger partial charge in [0.25, 0.3) is 0 Å². The van der Waals surface area contributed by atoms with Crippen LogP contribution in [-0.4, -0.2) is 150 Å². The number of halogens is 2. The number of aliphatic hydroxyl groups excluding tert-OH is 2. The number of Topliss-reactive ketones (excluding diaryl/α,β-unsaturated/α-hetero) is 1. The minimum absolute atomic E-state index is 0.0702. The second-order valence-corrected chi connectivity index (χ2v) is 25.2. The molecule has 2 N–H and O–H groups in total. The molecule has 438 valence electrons. The Kier molecular flexibility index (Phi) is 21.3. The number of fused-ring (bicyclic) bond motifs is 1. The van der Waals surface area contributed by atoms with Crippen molar-refractivity contribution < 1.29 is 72.0 Å². The predicted molar refractivity (Wildman–Crippen MR) is 297 cm³/mol. The molecule has 0 amide bonds. The lowest BCUT2D eigenvalue weighted by Crippen LogP contribution is -2.60. The van der Waals surface area contributed by atoms with E-state index in [-0.39, 0.29) is 37.3 Å². The van der Waals surface area contributed by atoms with Crippen molar-refractivity contribution >= 4 is 58.4 Å². The van der Waals surface area contributed by atoms with Crippen LogP contribution in [-0.2, 0) is 58.8 Å². The largest absolute Gasteiger partial charge is 0.493 e. The standard InChI is InChI=1S/C58H86Cl2N2O15S/c1-14-45-58(10)47(50(54(67)77-58)78-24-23-62(30-39-40(59)28-61-29-41(39)60)37-20-22-43(68-11)44(25-37)73-38-17-15-16-18-38)33(4)48(64)31(2)26-57(9,70-13)52(76-55-42(63)21-19-32(3)71-55)34(5)49(35(6)53(66)74-45)75-46-27-56(8,69-12)51(65)36(7)72-46/h20,22,25,28-29,31-36,38,42,45-47,49-52,55,63,65H,14-19,21,23-24,26-27,30H2,1-13H3/t31-,32-,33-,34+,35-,36+,42-,45-,46+,47+,49+,50+,51+,52-,55+,56-,57-,58-/m1/s1. The molecule has 78 heavy (non-hydrogen) atoms. The lowest BCUT2D eigenvalue weighted by molar-refractivity contribution is -0.315. The van der Waals surface area contributed by atoms with Crippen LogP contribution in [0.1, 0.15) is 133 Å². The molecule has 2 aromatic rings. The Morgan fingerprint density at radius 3 is 2.15 bits per heavy atom. The number of rotatable bonds is 17. The van der Waals surface area contributed by atoms with E-state index in [0.29, 0.717) is 58.8 Å². The van der Waals surface area contributed by atoms with Gasteiger partial charge in [0.05, 0.1) is 64.8 Å². The highest BCUT2D eigenvalue weighted by atomic mass is 35.5. The van der Waals surface area contributed by atoms with Crippen LogP contribution in [0.3, 0.4) is 0 Å². The molecule has 4 aliphatic heterocycles. The smallest absolute Gasteiger partial charge is 0.320 e. The first kappa shape index (κ1) is 62.6. The van der Waals surface area contributed by atoms with Crippen molar-refractivity contribution in [3.8, 4) is 11.5 Å². The van der Waals surface area contributed by atoms with Crippen molar-refractivity contribution in [2.24, 2.45) is 29.6 Å². The maximum atomic E-state index is 15.4. The average molecular weight is 1150 g/mol. The maximum Gasteiger partial charge on any atom is 0.320 e. The van der Waals surface area contributed by atoms with Crippen molar-refractivity contribution in [3.63, 3.8) is 0 Å². The van der Waals surface area contributed by atoms with Gasteiger partial charge in [0.2, 0.25) is 0 Å². The van der Waals surface area contributed by atoms with E-state index in [9.17, 15) is 15.0 Å². The third-order valence-corrected chi connectivity index (χ3v) is 19.5. The number of cyclic esters (lactones) is 1. The van der Waals surface area contributed by atoms with E-state index in [1.54, 1.807) is 54.3 Å². The molecule has 5 heterocycles. The van der Waals surface area contributed by atoms with Crippen LogP contribution >= 0.6 is 35.0 Å². The zero-order valence-corrected chi connectivity index (χ0v) is 50.2. The number of hydrogen-bond acceptors (Lipinski definition) is 18. The van der Waals surface area contributed by atoms with Crippen molar-refractivity contribution in [2.45, 2.75) is 217 Å². The maximum absolute atomic E-state index is 15.4. The summed E-state index contributed by atoms with van der Waals surface area (Å²) in [6.45, 7) is 18.9. The number of esters is 2. The minimum Gasteiger partial charge on any atom is -0.493 e. The average Bonchev–Trinajstić information content (AvgIpc) is 4.03. The van der Waals surface area contributed by atoms with E-state index in [1.807, 2.05) is 59.7 Å². The quantitative estimate of drug-likeness (QED) is 0.142. The topological polar surface area (TPSA) is 200 Å². The van der Waals surface area contributed by atoms with E-state index in [1.165, 1.54) is 18.9 Å². The number of nitrogens with zero attached hydrogens (tertiary/aromatic N) is 2. The Labute approximate surface area is 476 Å². The summed E-state index contributed by atoms with van der Waals surface area (Å²) in [5.41, 5.74) is -2.31. The van der Waals surface area contributed by atoms with Gasteiger partial charge in [0.1, 0.15) is 29.3 Å². The van der Waals surface area contributed by atoms with Crippen LogP contribution in [0.4, 0.5) is 5.69 Å². The molecule has 1 aromatic heterocycles. The van der Waals surface area contributed by atoms with Gasteiger partial charge in [-0.25, -0.2) is 0 Å². The van der Waals surface area contributed by atoms with Gasteiger partial charge in [-0.1, -0.05) is 50.9 Å². The second-order valence-electron chi connectivity index (χ2n) is 23.1. The van der Waals surface area contributed by atoms with Crippen LogP contribution in [0.5, 0.6) is 11.5 Å². The SMILES string of the molecule is CC[C@H]1OC(=O)[C@H](C)[C@@H](O[C@H]2C[C@@](C)(OC)[C@@H](O)[C@H](C)O2)[C@H](C)[C@@H](O[C@@H]2O[C@H](C)CC[C@H]2O)[C@](C)(OC)C[C@@H](C)C(=O)[C@H](C)[C@H]2[C@H](SCCN(Cc3c(Cl)cncc3Cl)c3ccc(OC)c(OC4CCCC4)c3)C(=O)O[C@@]21C. The van der Waals surface area contributed by atoms with Gasteiger partial charge in [0, 0.05) is 92.9 Å². The summed E-state index contributed by atoms with van der Waals surface area (Å²) in [6, 6.07) is 5.79. The first-order valence-corrected chi connectivity index (χ1v) is 29.8. The van der Waals surface area contributed by atoms with Crippen LogP contribution < -0.4 is 14.4 Å². The van der Waals surface area contributed by atoms with E-state index >= 15 is 9.59 Å². The molecular weight excluding hydrogens is 1070 g/mol. The molecule has 1 saturated carbocycles. The molecule has 17 nitrogen and oxygen atoms in total. The number of ketones is 1. The highest BCUT2D eigenvalue weighted by Crippen LogP contribution is 2.50. The first-order chi connectivity index (χ1) is 36.9. The third kappa shape index (κ3) is 13.6. The van der Waals surface area contributed by atoms with E-state index in [0.717, 1.165) is 31.4 Å². The van der Waals surface area contributed by atoms with Crippen LogP contribution in [0.2, 0.25) is 10.0 Å². The zero-order chi connectivity index (χ0) is 57.0. The fourth-order valence-electron chi connectivity index (χ4n) is 12.8. The molecule has 5 fully saturated rings. The summed E-state index contributed by atoms with van der Waals surface area (Å²) in [6.07, 6.45) is 0.912. The number of pyridine rings is 1. The number of hydrogen-bond donors (Lipinski definition) is 2. The summed E-state index contributed by atoms with van der Waals surface area (Å²) in [5, 5.41) is 22.5. The van der Waals surface area contributed by atoms with E-state index < -0.39 is 113 Å². The molecule has 0 spiro atoms. The van der Waals surface area contributed by atoms with Gasteiger partial charge in [0.15, 0.2) is 29.7 Å². The van der Waals surface area contributed by atoms with Crippen LogP contribution in [0.15, 0.2) is 30.6 Å². The summed E-state index contributed by atoms with van der Waals surface area (Å²) in [7, 11) is 4.68. The molecule has 20 heteroatoms. The van der Waals surface area contributed by atoms with Crippen molar-refractivity contribution in [3.05, 3.63) is 46.2 Å². The number of anilines is 1. The van der Waals surface area contributed by atoms with Gasteiger partial charge in [-0.15, -0.1) is 11.8 Å². The summed E-state index contributed by atoms with van der Waals surface area (Å²) in [4.78, 5) is 51.5. The fourth-order valence-corrected chi connectivity index (χ4v) is 14.8. The summed E-state index contributed by atoms with van der Waals surface area (Å²) in [5.74, 6) is -3.70. The number of aliphatic hydroxyl groups is 2. The van der Waals surface area contributed by atoms with Crippen LogP contribution in [0, 0.1) is 29.6 Å². The number of benzene rings is 1. The highest BCUT2D eigenvalue weighted by Gasteiger charge is 2.62. The molecule has 0 bridgehead atoms. The number of carbonyl (C=O) groups excluding carboxylic acids is 3. The molecule has 18 atom stereocenters. The highest BCUT2D eigenvalue weighted by molar-refractivity contribution is 8.00. The van der Waals surface area contributed by atoms with Gasteiger partial charge in [-0.3, -0.25) is 19.4 Å². The Bertz CT molecular complexity index is 2350. The molecule has 7 rings (SSSR count). The summed E-state index contributed by atoms with van der Waals surface area (Å²) >= 11 is 14.9. The third-order valence-electron chi connectivity index (χ3n) is 17.6. The molecule has 0 unspecified atom stereocenters. The van der Waals surface area contributed by atoms with Crippen molar-refractivity contribution in [1.29, 1.82) is 0 Å². The monoisotopic (exact) mass is 1150 g/mol. The first-order valence-electron chi connectivity index (χ1n) is 28.0. The number of ether oxygens (including phenoxy) is 10. The van der Waals surface area contributed by atoms with Gasteiger partial charge in [-0.05, 0) is 105 Å². The van der Waals surface area contributed by atoms with Crippen LogP contribution in [0.25, 0.3) is 0 Å². The Balaban J connectivity index is 1.25. The fraction of sp³-hybridized carbons (Fsp3) is 0.759. The zero-order valence-electron chi connectivity index (χ0n) is 47.9. The lowest BCUT2D eigenvalue weighted by atomic mass is 9.70. The van der Waals surface area contributed by atoms with Crippen molar-refractivity contribution in [1.82, 2.24) is 4.98 Å².